The Labute approximate surface area is 155 Å². The predicted molar refractivity (Wildman–Crippen MR) is 100 cm³/mol. The van der Waals surface area contributed by atoms with E-state index < -0.39 is 6.04 Å². The maximum Gasteiger partial charge on any atom is 0.271 e. The van der Waals surface area contributed by atoms with Crippen molar-refractivity contribution in [2.24, 2.45) is 12.8 Å². The fraction of sp³-hybridized carbons (Fsp3) is 0.278. The van der Waals surface area contributed by atoms with E-state index in [9.17, 15) is 4.79 Å². The Balaban J connectivity index is 1.87. The van der Waals surface area contributed by atoms with Crippen molar-refractivity contribution in [3.8, 4) is 5.75 Å². The molecule has 0 saturated carbocycles. The molecule has 0 spiro atoms. The second-order valence-electron chi connectivity index (χ2n) is 5.74. The number of carbonyl (C=O) groups excluding carboxylic acids is 1. The molecule has 0 saturated heterocycles. The summed E-state index contributed by atoms with van der Waals surface area (Å²) < 4.78 is 7.10. The first-order valence-corrected chi connectivity index (χ1v) is 9.07. The normalized spacial score (nSPS) is 12.0. The number of rotatable bonds is 7. The molecule has 1 amide bonds. The standard InChI is InChI=1S/C18H21N5O2S/c1-23-10-9-20-17(23)16(12-3-5-13(25-2)6-4-12)22-18(24)14-11-26-15(21-14)7-8-19/h3-6,9-11,16H,7-8,19H2,1-2H3,(H,22,24). The van der Waals surface area contributed by atoms with E-state index in [0.29, 0.717) is 18.7 Å². The van der Waals surface area contributed by atoms with Gasteiger partial charge in [0.1, 0.15) is 23.3 Å². The highest BCUT2D eigenvalue weighted by Crippen LogP contribution is 2.23. The minimum absolute atomic E-state index is 0.242. The summed E-state index contributed by atoms with van der Waals surface area (Å²) in [6.45, 7) is 0.510. The van der Waals surface area contributed by atoms with Gasteiger partial charge in [-0.3, -0.25) is 4.79 Å². The van der Waals surface area contributed by atoms with E-state index in [-0.39, 0.29) is 5.91 Å². The van der Waals surface area contributed by atoms with E-state index in [1.54, 1.807) is 18.7 Å². The van der Waals surface area contributed by atoms with E-state index in [4.69, 9.17) is 10.5 Å². The van der Waals surface area contributed by atoms with Gasteiger partial charge >= 0.3 is 0 Å². The van der Waals surface area contributed by atoms with Crippen molar-refractivity contribution in [2.75, 3.05) is 13.7 Å². The number of ether oxygens (including phenoxy) is 1. The molecule has 3 aromatic rings. The number of benzene rings is 1. The molecule has 3 N–H and O–H groups in total. The van der Waals surface area contributed by atoms with Crippen LogP contribution in [0.15, 0.2) is 42.0 Å². The topological polar surface area (TPSA) is 95.1 Å². The molecule has 8 heteroatoms. The zero-order valence-electron chi connectivity index (χ0n) is 14.7. The lowest BCUT2D eigenvalue weighted by atomic mass is 10.1. The SMILES string of the molecule is COc1ccc(C(NC(=O)c2csc(CCN)n2)c2nccn2C)cc1. The molecule has 1 aromatic carbocycles. The molecule has 2 aromatic heterocycles. The number of carbonyl (C=O) groups is 1. The summed E-state index contributed by atoms with van der Waals surface area (Å²) in [4.78, 5) is 21.5. The average Bonchev–Trinajstić information content (AvgIpc) is 3.29. The first-order chi connectivity index (χ1) is 12.6. The number of thiazole rings is 1. The number of nitrogens with zero attached hydrogens (tertiary/aromatic N) is 3. The lowest BCUT2D eigenvalue weighted by Crippen LogP contribution is -2.31. The van der Waals surface area contributed by atoms with Crippen LogP contribution in [-0.4, -0.2) is 34.1 Å². The maximum atomic E-state index is 12.7. The van der Waals surface area contributed by atoms with Gasteiger partial charge in [0.05, 0.1) is 12.1 Å². The predicted octanol–water partition coefficient (Wildman–Crippen LogP) is 1.91. The van der Waals surface area contributed by atoms with Gasteiger partial charge in [-0.25, -0.2) is 9.97 Å². The monoisotopic (exact) mass is 371 g/mol. The first-order valence-electron chi connectivity index (χ1n) is 8.19. The van der Waals surface area contributed by atoms with Crippen LogP contribution in [0.3, 0.4) is 0 Å². The highest BCUT2D eigenvalue weighted by atomic mass is 32.1. The van der Waals surface area contributed by atoms with E-state index in [0.717, 1.165) is 22.1 Å². The fourth-order valence-electron chi connectivity index (χ4n) is 2.61. The van der Waals surface area contributed by atoms with Crippen molar-refractivity contribution in [3.05, 3.63) is 64.1 Å². The molecule has 7 nitrogen and oxygen atoms in total. The van der Waals surface area contributed by atoms with Gasteiger partial charge < -0.3 is 20.4 Å². The smallest absolute Gasteiger partial charge is 0.271 e. The molecular weight excluding hydrogens is 350 g/mol. The van der Waals surface area contributed by atoms with Crippen molar-refractivity contribution in [2.45, 2.75) is 12.5 Å². The van der Waals surface area contributed by atoms with Gasteiger partial charge in [0, 0.05) is 31.2 Å². The summed E-state index contributed by atoms with van der Waals surface area (Å²) in [5.74, 6) is 1.25. The molecule has 136 valence electrons. The molecule has 3 rings (SSSR count). The number of hydrogen-bond acceptors (Lipinski definition) is 6. The number of nitrogens with two attached hydrogens (primary N) is 1. The van der Waals surface area contributed by atoms with Crippen molar-refractivity contribution >= 4 is 17.2 Å². The Hall–Kier alpha value is -2.71. The summed E-state index contributed by atoms with van der Waals surface area (Å²) in [6.07, 6.45) is 4.22. The molecule has 1 unspecified atom stereocenters. The third kappa shape index (κ3) is 3.92. The third-order valence-electron chi connectivity index (χ3n) is 3.98. The first kappa shape index (κ1) is 18.1. The highest BCUT2D eigenvalue weighted by Gasteiger charge is 2.22. The summed E-state index contributed by atoms with van der Waals surface area (Å²) in [5.41, 5.74) is 6.85. The molecule has 0 aliphatic carbocycles. The van der Waals surface area contributed by atoms with Crippen molar-refractivity contribution < 1.29 is 9.53 Å². The molecule has 2 heterocycles. The van der Waals surface area contributed by atoms with Gasteiger partial charge in [0.25, 0.3) is 5.91 Å². The minimum atomic E-state index is -0.395. The molecule has 0 aliphatic rings. The Morgan fingerprint density at radius 1 is 1.38 bits per heavy atom. The maximum absolute atomic E-state index is 12.7. The number of amides is 1. The fourth-order valence-corrected chi connectivity index (χ4v) is 3.40. The van der Waals surface area contributed by atoms with Crippen LogP contribution in [0.4, 0.5) is 0 Å². The Morgan fingerprint density at radius 3 is 2.77 bits per heavy atom. The average molecular weight is 371 g/mol. The summed E-state index contributed by atoms with van der Waals surface area (Å²) in [7, 11) is 3.52. The van der Waals surface area contributed by atoms with Crippen LogP contribution in [0.5, 0.6) is 5.75 Å². The lowest BCUT2D eigenvalue weighted by molar-refractivity contribution is 0.0936. The molecule has 0 radical (unpaired) electrons. The molecular formula is C18H21N5O2S. The van der Waals surface area contributed by atoms with Crippen LogP contribution in [-0.2, 0) is 13.5 Å². The van der Waals surface area contributed by atoms with Gasteiger partial charge in [-0.15, -0.1) is 11.3 Å². The Morgan fingerprint density at radius 2 is 2.15 bits per heavy atom. The summed E-state index contributed by atoms with van der Waals surface area (Å²) in [5, 5.41) is 5.65. The quantitative estimate of drug-likeness (QED) is 0.661. The van der Waals surface area contributed by atoms with E-state index in [1.165, 1.54) is 11.3 Å². The second kappa shape index (κ2) is 8.11. The molecule has 0 aliphatic heterocycles. The summed E-state index contributed by atoms with van der Waals surface area (Å²) >= 11 is 1.44. The van der Waals surface area contributed by atoms with Crippen molar-refractivity contribution in [1.29, 1.82) is 0 Å². The van der Waals surface area contributed by atoms with Gasteiger partial charge in [0.2, 0.25) is 0 Å². The number of hydrogen-bond donors (Lipinski definition) is 2. The number of aryl methyl sites for hydroxylation is 1. The van der Waals surface area contributed by atoms with Crippen molar-refractivity contribution in [1.82, 2.24) is 19.9 Å². The third-order valence-corrected chi connectivity index (χ3v) is 4.89. The van der Waals surface area contributed by atoms with Gasteiger partial charge in [-0.05, 0) is 24.2 Å². The minimum Gasteiger partial charge on any atom is -0.497 e. The van der Waals surface area contributed by atoms with Crippen LogP contribution in [0.2, 0.25) is 0 Å². The molecule has 26 heavy (non-hydrogen) atoms. The number of nitrogens with one attached hydrogen (secondary N) is 1. The zero-order valence-corrected chi connectivity index (χ0v) is 15.5. The highest BCUT2D eigenvalue weighted by molar-refractivity contribution is 7.09. The molecule has 0 bridgehead atoms. The van der Waals surface area contributed by atoms with Crippen LogP contribution in [0.1, 0.15) is 32.9 Å². The van der Waals surface area contributed by atoms with Gasteiger partial charge in [-0.2, -0.15) is 0 Å². The number of imidazole rings is 1. The largest absolute Gasteiger partial charge is 0.497 e. The van der Waals surface area contributed by atoms with Crippen LogP contribution >= 0.6 is 11.3 Å². The van der Waals surface area contributed by atoms with Crippen LogP contribution < -0.4 is 15.8 Å². The van der Waals surface area contributed by atoms with Crippen molar-refractivity contribution in [3.63, 3.8) is 0 Å². The van der Waals surface area contributed by atoms with E-state index in [2.05, 4.69) is 15.3 Å². The number of aromatic nitrogens is 3. The van der Waals surface area contributed by atoms with E-state index in [1.807, 2.05) is 42.1 Å². The Kier molecular flexibility index (Phi) is 5.65. The number of methoxy groups -OCH3 is 1. The Bertz CT molecular complexity index is 872. The van der Waals surface area contributed by atoms with Crippen LogP contribution in [0, 0.1) is 0 Å². The zero-order chi connectivity index (χ0) is 18.5. The molecule has 1 atom stereocenters. The molecule has 0 fully saturated rings. The van der Waals surface area contributed by atoms with Gasteiger partial charge in [0.15, 0.2) is 0 Å². The second-order valence-corrected chi connectivity index (χ2v) is 6.68. The van der Waals surface area contributed by atoms with Crippen LogP contribution in [0.25, 0.3) is 0 Å². The van der Waals surface area contributed by atoms with E-state index >= 15 is 0 Å². The lowest BCUT2D eigenvalue weighted by Gasteiger charge is -2.19. The summed E-state index contributed by atoms with van der Waals surface area (Å²) in [6, 6.07) is 7.16. The van der Waals surface area contributed by atoms with Gasteiger partial charge in [-0.1, -0.05) is 12.1 Å².